The van der Waals surface area contributed by atoms with Crippen molar-refractivity contribution in [2.24, 2.45) is 5.73 Å². The smallest absolute Gasteiger partial charge is 0.320 e. The van der Waals surface area contributed by atoms with Gasteiger partial charge in [-0.3, -0.25) is 4.79 Å². The quantitative estimate of drug-likeness (QED) is 0.574. The van der Waals surface area contributed by atoms with Crippen molar-refractivity contribution in [2.75, 3.05) is 0 Å². The zero-order chi connectivity index (χ0) is 11.6. The van der Waals surface area contributed by atoms with Gasteiger partial charge in [0.2, 0.25) is 0 Å². The van der Waals surface area contributed by atoms with Gasteiger partial charge < -0.3 is 21.1 Å². The van der Waals surface area contributed by atoms with Crippen molar-refractivity contribution in [1.29, 1.82) is 0 Å². The maximum absolute atomic E-state index is 10.5. The van der Waals surface area contributed by atoms with E-state index in [1.807, 2.05) is 0 Å². The summed E-state index contributed by atoms with van der Waals surface area (Å²) in [5.74, 6) is -1.99. The lowest BCUT2D eigenvalue weighted by Gasteiger charge is -2.10. The highest BCUT2D eigenvalue weighted by Crippen LogP contribution is 2.34. The zero-order valence-electron chi connectivity index (χ0n) is 7.64. The van der Waals surface area contributed by atoms with E-state index in [1.165, 1.54) is 12.1 Å². The van der Waals surface area contributed by atoms with E-state index in [2.05, 4.69) is 0 Å². The summed E-state index contributed by atoms with van der Waals surface area (Å²) in [5.41, 5.74) is 5.42. The topological polar surface area (TPSA) is 104 Å². The summed E-state index contributed by atoms with van der Waals surface area (Å²) in [7, 11) is 0. The largest absolute Gasteiger partial charge is 0.504 e. The molecule has 0 saturated heterocycles. The Kier molecular flexibility index (Phi) is 3.39. The molecule has 1 unspecified atom stereocenters. The first-order valence-electron chi connectivity index (χ1n) is 4.11. The van der Waals surface area contributed by atoms with Crippen LogP contribution < -0.4 is 5.73 Å². The molecule has 1 atom stereocenters. The normalized spacial score (nSPS) is 12.4. The SMILES string of the molecule is NC(Cc1c(Cl)ccc(O)c1O)C(=O)O. The first-order valence-corrected chi connectivity index (χ1v) is 4.49. The third-order valence-corrected chi connectivity index (χ3v) is 2.30. The predicted molar refractivity (Wildman–Crippen MR) is 54.1 cm³/mol. The van der Waals surface area contributed by atoms with Crippen molar-refractivity contribution in [2.45, 2.75) is 12.5 Å². The average Bonchev–Trinajstić information content (AvgIpc) is 2.18. The Morgan fingerprint density at radius 2 is 2.07 bits per heavy atom. The summed E-state index contributed by atoms with van der Waals surface area (Å²) in [6.07, 6.45) is -0.144. The van der Waals surface area contributed by atoms with E-state index in [-0.39, 0.29) is 22.8 Å². The molecule has 0 radical (unpaired) electrons. The number of phenolic OH excluding ortho intramolecular Hbond substituents is 2. The van der Waals surface area contributed by atoms with Gasteiger partial charge >= 0.3 is 5.97 Å². The number of phenols is 2. The monoisotopic (exact) mass is 231 g/mol. The van der Waals surface area contributed by atoms with Crippen molar-refractivity contribution in [3.63, 3.8) is 0 Å². The number of carboxylic acids is 1. The van der Waals surface area contributed by atoms with Crippen LogP contribution in [-0.2, 0) is 11.2 Å². The number of hydrogen-bond acceptors (Lipinski definition) is 4. The second kappa shape index (κ2) is 4.37. The minimum absolute atomic E-state index is 0.131. The van der Waals surface area contributed by atoms with Crippen LogP contribution in [0.3, 0.4) is 0 Å². The van der Waals surface area contributed by atoms with Crippen molar-refractivity contribution in [1.82, 2.24) is 0 Å². The summed E-state index contributed by atoms with van der Waals surface area (Å²) >= 11 is 5.73. The van der Waals surface area contributed by atoms with E-state index in [9.17, 15) is 15.0 Å². The van der Waals surface area contributed by atoms with Crippen LogP contribution in [0.25, 0.3) is 0 Å². The molecule has 1 aromatic rings. The molecule has 0 heterocycles. The van der Waals surface area contributed by atoms with Gasteiger partial charge in [-0.1, -0.05) is 11.6 Å². The number of carboxylic acid groups (broad SMARTS) is 1. The fraction of sp³-hybridized carbons (Fsp3) is 0.222. The van der Waals surface area contributed by atoms with Gasteiger partial charge in [0.1, 0.15) is 6.04 Å². The Balaban J connectivity index is 3.03. The second-order valence-corrected chi connectivity index (χ2v) is 3.45. The van der Waals surface area contributed by atoms with Gasteiger partial charge in [0.15, 0.2) is 11.5 Å². The Labute approximate surface area is 90.7 Å². The molecule has 0 aliphatic rings. The Hall–Kier alpha value is -1.46. The summed E-state index contributed by atoms with van der Waals surface area (Å²) in [5, 5.41) is 27.4. The number of aromatic hydroxyl groups is 2. The number of halogens is 1. The van der Waals surface area contributed by atoms with Crippen LogP contribution in [0.1, 0.15) is 5.56 Å². The Morgan fingerprint density at radius 1 is 1.47 bits per heavy atom. The molecule has 0 saturated carbocycles. The maximum Gasteiger partial charge on any atom is 0.320 e. The summed E-state index contributed by atoms with van der Waals surface area (Å²) < 4.78 is 0. The van der Waals surface area contributed by atoms with Gasteiger partial charge in [-0.05, 0) is 12.1 Å². The van der Waals surface area contributed by atoms with Gasteiger partial charge in [-0.25, -0.2) is 0 Å². The fourth-order valence-corrected chi connectivity index (χ4v) is 1.33. The molecule has 0 bridgehead atoms. The lowest BCUT2D eigenvalue weighted by atomic mass is 10.1. The number of benzene rings is 1. The molecule has 82 valence electrons. The molecule has 1 aromatic carbocycles. The maximum atomic E-state index is 10.5. The van der Waals surface area contributed by atoms with E-state index in [1.54, 1.807) is 0 Å². The lowest BCUT2D eigenvalue weighted by molar-refractivity contribution is -0.138. The molecule has 5 nitrogen and oxygen atoms in total. The molecule has 5 N–H and O–H groups in total. The lowest BCUT2D eigenvalue weighted by Crippen LogP contribution is -2.32. The molecule has 0 aliphatic carbocycles. The summed E-state index contributed by atoms with van der Waals surface area (Å²) in [6.45, 7) is 0. The molecule has 1 rings (SSSR count). The highest BCUT2D eigenvalue weighted by molar-refractivity contribution is 6.31. The minimum Gasteiger partial charge on any atom is -0.504 e. The average molecular weight is 232 g/mol. The van der Waals surface area contributed by atoms with E-state index >= 15 is 0 Å². The van der Waals surface area contributed by atoms with Crippen LogP contribution in [0, 0.1) is 0 Å². The van der Waals surface area contributed by atoms with Crippen LogP contribution in [0.4, 0.5) is 0 Å². The van der Waals surface area contributed by atoms with E-state index in [0.29, 0.717) is 0 Å². The minimum atomic E-state index is -1.20. The molecule has 6 heteroatoms. The third-order valence-electron chi connectivity index (χ3n) is 1.95. The number of aliphatic carboxylic acids is 1. The van der Waals surface area contributed by atoms with Gasteiger partial charge in [0.05, 0.1) is 0 Å². The first-order chi connectivity index (χ1) is 6.93. The van der Waals surface area contributed by atoms with Crippen molar-refractivity contribution in [3.05, 3.63) is 22.7 Å². The fourth-order valence-electron chi connectivity index (χ4n) is 1.10. The standard InChI is InChI=1S/C9H10ClNO4/c10-5-1-2-7(12)8(13)4(5)3-6(11)9(14)15/h1-2,6,12-13H,3,11H2,(H,14,15). The van der Waals surface area contributed by atoms with Gasteiger partial charge in [0, 0.05) is 17.0 Å². The van der Waals surface area contributed by atoms with Crippen molar-refractivity contribution < 1.29 is 20.1 Å². The molecule has 0 aliphatic heterocycles. The van der Waals surface area contributed by atoms with Gasteiger partial charge in [0.25, 0.3) is 0 Å². The number of nitrogens with two attached hydrogens (primary N) is 1. The zero-order valence-corrected chi connectivity index (χ0v) is 8.40. The summed E-state index contributed by atoms with van der Waals surface area (Å²) in [6, 6.07) is 1.41. The van der Waals surface area contributed by atoms with E-state index in [0.717, 1.165) is 0 Å². The molecule has 15 heavy (non-hydrogen) atoms. The molecule has 0 amide bonds. The third kappa shape index (κ3) is 2.51. The van der Waals surface area contributed by atoms with Gasteiger partial charge in [-0.15, -0.1) is 0 Å². The number of hydrogen-bond donors (Lipinski definition) is 4. The van der Waals surface area contributed by atoms with Crippen LogP contribution in [0.5, 0.6) is 11.5 Å². The number of carbonyl (C=O) groups is 1. The van der Waals surface area contributed by atoms with Crippen LogP contribution in [0.15, 0.2) is 12.1 Å². The Bertz CT molecular complexity index is 394. The molecule has 0 aromatic heterocycles. The highest BCUT2D eigenvalue weighted by atomic mass is 35.5. The Morgan fingerprint density at radius 3 is 2.60 bits per heavy atom. The second-order valence-electron chi connectivity index (χ2n) is 3.04. The van der Waals surface area contributed by atoms with E-state index in [4.69, 9.17) is 22.4 Å². The number of rotatable bonds is 3. The highest BCUT2D eigenvalue weighted by Gasteiger charge is 2.18. The summed E-state index contributed by atoms with van der Waals surface area (Å²) in [4.78, 5) is 10.5. The van der Waals surface area contributed by atoms with Crippen molar-refractivity contribution >= 4 is 17.6 Å². The first kappa shape index (κ1) is 11.6. The van der Waals surface area contributed by atoms with Crippen molar-refractivity contribution in [3.8, 4) is 11.5 Å². The predicted octanol–water partition coefficient (Wildman–Crippen LogP) is 0.706. The van der Waals surface area contributed by atoms with Crippen LogP contribution in [0.2, 0.25) is 5.02 Å². The molecular formula is C9H10ClNO4. The van der Waals surface area contributed by atoms with Crippen LogP contribution in [-0.4, -0.2) is 27.3 Å². The molecular weight excluding hydrogens is 222 g/mol. The van der Waals surface area contributed by atoms with E-state index < -0.39 is 17.8 Å². The van der Waals surface area contributed by atoms with Gasteiger partial charge in [-0.2, -0.15) is 0 Å². The van der Waals surface area contributed by atoms with Crippen LogP contribution >= 0.6 is 11.6 Å². The molecule has 0 fully saturated rings. The molecule has 0 spiro atoms.